The second kappa shape index (κ2) is 7.22. The minimum atomic E-state index is -0.524. The molecule has 0 aliphatic carbocycles. The van der Waals surface area contributed by atoms with Crippen LogP contribution < -0.4 is 16.0 Å². The molecule has 1 atom stereocenters. The second-order valence-electron chi connectivity index (χ2n) is 6.39. The largest absolute Gasteiger partial charge is 0.327 e. The number of nitrogens with one attached hydrogen (secondary N) is 3. The van der Waals surface area contributed by atoms with Crippen molar-refractivity contribution in [1.29, 1.82) is 0 Å². The van der Waals surface area contributed by atoms with Crippen LogP contribution >= 0.6 is 11.6 Å². The lowest BCUT2D eigenvalue weighted by Crippen LogP contribution is -2.46. The monoisotopic (exact) mass is 369 g/mol. The summed E-state index contributed by atoms with van der Waals surface area (Å²) in [7, 11) is 0. The fourth-order valence-corrected chi connectivity index (χ4v) is 3.09. The van der Waals surface area contributed by atoms with E-state index >= 15 is 0 Å². The van der Waals surface area contributed by atoms with E-state index in [2.05, 4.69) is 16.0 Å². The molecule has 0 saturated heterocycles. The molecule has 1 heterocycles. The molecule has 0 radical (unpaired) electrons. The van der Waals surface area contributed by atoms with Gasteiger partial charge in [0.1, 0.15) is 0 Å². The Morgan fingerprint density at radius 1 is 1.08 bits per heavy atom. The van der Waals surface area contributed by atoms with E-state index < -0.39 is 6.04 Å². The number of hydrogen-bond donors (Lipinski definition) is 3. The van der Waals surface area contributed by atoms with E-state index in [4.69, 9.17) is 11.6 Å². The van der Waals surface area contributed by atoms with Crippen LogP contribution in [0.5, 0.6) is 0 Å². The first-order valence-corrected chi connectivity index (χ1v) is 8.65. The number of carbonyl (C=O) groups excluding carboxylic acids is 2. The molecule has 6 heteroatoms. The van der Waals surface area contributed by atoms with Crippen LogP contribution in [0.2, 0.25) is 5.02 Å². The minimum absolute atomic E-state index is 0.286. The molecule has 0 saturated carbocycles. The maximum Gasteiger partial charge on any atom is 0.319 e. The Bertz CT molecular complexity index is 904. The van der Waals surface area contributed by atoms with Crippen LogP contribution in [0, 0.1) is 13.8 Å². The molecule has 26 heavy (non-hydrogen) atoms. The van der Waals surface area contributed by atoms with Gasteiger partial charge in [0.2, 0.25) is 0 Å². The zero-order chi connectivity index (χ0) is 18.8. The minimum Gasteiger partial charge on any atom is -0.327 e. The molecule has 3 rings (SSSR count). The van der Waals surface area contributed by atoms with Crippen LogP contribution in [0.4, 0.5) is 10.5 Å². The van der Waals surface area contributed by atoms with Gasteiger partial charge in [0, 0.05) is 16.4 Å². The van der Waals surface area contributed by atoms with Gasteiger partial charge in [0.15, 0.2) is 0 Å². The first-order valence-electron chi connectivity index (χ1n) is 8.27. The summed E-state index contributed by atoms with van der Waals surface area (Å²) in [6.45, 7) is 5.60. The standard InChI is InChI=1S/C20H20ClN3O2/c1-11-4-7-14(8-5-11)18-17(13(3)22-20(26)24-18)19(25)23-16-10-15(21)9-6-12(16)2/h4-10,18H,1-3H3,(H,23,25)(H2,22,24,26)/t18-/m1/s1. The summed E-state index contributed by atoms with van der Waals surface area (Å²) in [6.07, 6.45) is 0. The zero-order valence-electron chi connectivity index (χ0n) is 14.8. The Morgan fingerprint density at radius 2 is 1.77 bits per heavy atom. The predicted molar refractivity (Wildman–Crippen MR) is 103 cm³/mol. The molecule has 1 aliphatic rings. The van der Waals surface area contributed by atoms with Crippen LogP contribution in [0.25, 0.3) is 0 Å². The first-order chi connectivity index (χ1) is 12.3. The number of halogens is 1. The number of amides is 3. The van der Waals surface area contributed by atoms with Gasteiger partial charge in [0.05, 0.1) is 11.6 Å². The fourth-order valence-electron chi connectivity index (χ4n) is 2.92. The van der Waals surface area contributed by atoms with Crippen molar-refractivity contribution in [3.05, 3.63) is 75.4 Å². The second-order valence-corrected chi connectivity index (χ2v) is 6.83. The molecule has 2 aromatic rings. The van der Waals surface area contributed by atoms with Gasteiger partial charge in [-0.1, -0.05) is 47.5 Å². The van der Waals surface area contributed by atoms with E-state index in [9.17, 15) is 9.59 Å². The van der Waals surface area contributed by atoms with E-state index in [1.807, 2.05) is 44.2 Å². The third kappa shape index (κ3) is 3.73. The van der Waals surface area contributed by atoms with E-state index in [0.717, 1.165) is 16.7 Å². The van der Waals surface area contributed by atoms with Crippen molar-refractivity contribution in [2.45, 2.75) is 26.8 Å². The summed E-state index contributed by atoms with van der Waals surface area (Å²) >= 11 is 6.04. The van der Waals surface area contributed by atoms with Gasteiger partial charge in [-0.05, 0) is 44.0 Å². The van der Waals surface area contributed by atoms with E-state index in [-0.39, 0.29) is 11.9 Å². The van der Waals surface area contributed by atoms with E-state index in [1.54, 1.807) is 19.1 Å². The molecule has 2 aromatic carbocycles. The molecular formula is C20H20ClN3O2. The number of allylic oxidation sites excluding steroid dienone is 1. The Labute approximate surface area is 157 Å². The predicted octanol–water partition coefficient (Wildman–Crippen LogP) is 4.22. The summed E-state index contributed by atoms with van der Waals surface area (Å²) in [5.74, 6) is -0.286. The maximum atomic E-state index is 13.0. The molecule has 3 N–H and O–H groups in total. The van der Waals surface area contributed by atoms with Crippen molar-refractivity contribution in [3.8, 4) is 0 Å². The van der Waals surface area contributed by atoms with Gasteiger partial charge < -0.3 is 16.0 Å². The first kappa shape index (κ1) is 18.0. The van der Waals surface area contributed by atoms with Gasteiger partial charge >= 0.3 is 6.03 Å². The van der Waals surface area contributed by atoms with Crippen molar-refractivity contribution < 1.29 is 9.59 Å². The van der Waals surface area contributed by atoms with Crippen molar-refractivity contribution in [2.75, 3.05) is 5.32 Å². The molecule has 0 fully saturated rings. The Hall–Kier alpha value is -2.79. The van der Waals surface area contributed by atoms with Crippen LogP contribution in [0.3, 0.4) is 0 Å². The van der Waals surface area contributed by atoms with Crippen molar-refractivity contribution >= 4 is 29.2 Å². The van der Waals surface area contributed by atoms with E-state index in [1.165, 1.54) is 0 Å². The normalized spacial score (nSPS) is 16.8. The summed E-state index contributed by atoms with van der Waals surface area (Å²) in [5.41, 5.74) is 4.49. The third-order valence-corrected chi connectivity index (χ3v) is 4.61. The molecule has 1 aliphatic heterocycles. The average molecular weight is 370 g/mol. The zero-order valence-corrected chi connectivity index (χ0v) is 15.6. The van der Waals surface area contributed by atoms with Crippen molar-refractivity contribution in [3.63, 3.8) is 0 Å². The Kier molecular flexibility index (Phi) is 5.00. The fraction of sp³-hybridized carbons (Fsp3) is 0.200. The topological polar surface area (TPSA) is 70.2 Å². The van der Waals surface area contributed by atoms with Crippen molar-refractivity contribution in [2.24, 2.45) is 0 Å². The van der Waals surface area contributed by atoms with Gasteiger partial charge in [-0.25, -0.2) is 4.79 Å². The SMILES string of the molecule is CC1=C(C(=O)Nc2cc(Cl)ccc2C)[C@@H](c2ccc(C)cc2)NC(=O)N1. The van der Waals surface area contributed by atoms with Gasteiger partial charge in [-0.15, -0.1) is 0 Å². The summed E-state index contributed by atoms with van der Waals surface area (Å²) < 4.78 is 0. The molecule has 0 aromatic heterocycles. The average Bonchev–Trinajstić information content (AvgIpc) is 2.58. The number of hydrogen-bond acceptors (Lipinski definition) is 2. The highest BCUT2D eigenvalue weighted by atomic mass is 35.5. The lowest BCUT2D eigenvalue weighted by molar-refractivity contribution is -0.113. The smallest absolute Gasteiger partial charge is 0.319 e. The van der Waals surface area contributed by atoms with Crippen LogP contribution in [0.15, 0.2) is 53.7 Å². The number of aryl methyl sites for hydroxylation is 2. The summed E-state index contributed by atoms with van der Waals surface area (Å²) in [6, 6.07) is 12.2. The summed E-state index contributed by atoms with van der Waals surface area (Å²) in [4.78, 5) is 24.9. The number of rotatable bonds is 3. The highest BCUT2D eigenvalue weighted by molar-refractivity contribution is 6.31. The van der Waals surface area contributed by atoms with Crippen LogP contribution in [0.1, 0.15) is 29.7 Å². The third-order valence-electron chi connectivity index (χ3n) is 4.37. The molecule has 3 amide bonds. The molecule has 0 unspecified atom stereocenters. The molecule has 5 nitrogen and oxygen atoms in total. The maximum absolute atomic E-state index is 13.0. The number of anilines is 1. The van der Waals surface area contributed by atoms with Crippen LogP contribution in [-0.2, 0) is 4.79 Å². The van der Waals surface area contributed by atoms with E-state index in [0.29, 0.717) is 22.0 Å². The number of urea groups is 1. The number of carbonyl (C=O) groups is 2. The van der Waals surface area contributed by atoms with Gasteiger partial charge in [0.25, 0.3) is 5.91 Å². The van der Waals surface area contributed by atoms with Crippen molar-refractivity contribution in [1.82, 2.24) is 10.6 Å². The van der Waals surface area contributed by atoms with Crippen LogP contribution in [-0.4, -0.2) is 11.9 Å². The summed E-state index contributed by atoms with van der Waals surface area (Å²) in [5, 5.41) is 8.95. The Balaban J connectivity index is 1.96. The van der Waals surface area contributed by atoms with Gasteiger partial charge in [-0.2, -0.15) is 0 Å². The molecule has 134 valence electrons. The Morgan fingerprint density at radius 3 is 2.46 bits per heavy atom. The van der Waals surface area contributed by atoms with Gasteiger partial charge in [-0.3, -0.25) is 4.79 Å². The lowest BCUT2D eigenvalue weighted by Gasteiger charge is -2.29. The highest BCUT2D eigenvalue weighted by Crippen LogP contribution is 2.29. The quantitative estimate of drug-likeness (QED) is 0.757. The highest BCUT2D eigenvalue weighted by Gasteiger charge is 2.31. The lowest BCUT2D eigenvalue weighted by atomic mass is 9.94. The number of benzene rings is 2. The molecule has 0 bridgehead atoms. The molecule has 0 spiro atoms. The molecular weight excluding hydrogens is 350 g/mol.